The molecule has 2 rings (SSSR count). The molecule has 1 aromatic heterocycles. The van der Waals surface area contributed by atoms with Crippen molar-refractivity contribution in [3.63, 3.8) is 0 Å². The van der Waals surface area contributed by atoms with Gasteiger partial charge in [-0.05, 0) is 26.7 Å². The molecule has 1 aromatic rings. The Morgan fingerprint density at radius 3 is 2.86 bits per heavy atom. The molecule has 116 valence electrons. The van der Waals surface area contributed by atoms with Gasteiger partial charge in [-0.25, -0.2) is 0 Å². The lowest BCUT2D eigenvalue weighted by molar-refractivity contribution is -0.148. The summed E-state index contributed by atoms with van der Waals surface area (Å²) in [6, 6.07) is 0.486. The van der Waals surface area contributed by atoms with Crippen LogP contribution in [-0.4, -0.2) is 57.0 Å². The SMILES string of the molecule is CCOC(=O)CN(CC)C(=O)CSc1nncn1C1CC1. The number of nitrogens with zero attached hydrogens (tertiary/aromatic N) is 4. The van der Waals surface area contributed by atoms with Crippen LogP contribution in [0.15, 0.2) is 11.5 Å². The van der Waals surface area contributed by atoms with Gasteiger partial charge in [0.05, 0.1) is 12.4 Å². The fourth-order valence-corrected chi connectivity index (χ4v) is 2.78. The summed E-state index contributed by atoms with van der Waals surface area (Å²) >= 11 is 1.36. The molecule has 0 saturated heterocycles. The van der Waals surface area contributed by atoms with E-state index in [4.69, 9.17) is 4.74 Å². The molecule has 0 spiro atoms. The van der Waals surface area contributed by atoms with E-state index in [1.807, 2.05) is 11.5 Å². The highest BCUT2D eigenvalue weighted by atomic mass is 32.2. The zero-order chi connectivity index (χ0) is 15.2. The highest BCUT2D eigenvalue weighted by Gasteiger charge is 2.26. The molecule has 0 unspecified atom stereocenters. The van der Waals surface area contributed by atoms with E-state index in [0.717, 1.165) is 18.0 Å². The van der Waals surface area contributed by atoms with E-state index in [9.17, 15) is 9.59 Å². The van der Waals surface area contributed by atoms with Gasteiger partial charge in [0.25, 0.3) is 0 Å². The Morgan fingerprint density at radius 2 is 2.24 bits per heavy atom. The molecule has 0 radical (unpaired) electrons. The van der Waals surface area contributed by atoms with E-state index in [1.165, 1.54) is 16.7 Å². The van der Waals surface area contributed by atoms with Crippen molar-refractivity contribution in [1.29, 1.82) is 0 Å². The molecule has 8 heteroatoms. The van der Waals surface area contributed by atoms with Crippen LogP contribution in [0.25, 0.3) is 0 Å². The van der Waals surface area contributed by atoms with Gasteiger partial charge in [-0.15, -0.1) is 10.2 Å². The Kier molecular flexibility index (Phi) is 5.60. The molecule has 21 heavy (non-hydrogen) atoms. The van der Waals surface area contributed by atoms with Crippen molar-refractivity contribution < 1.29 is 14.3 Å². The van der Waals surface area contributed by atoms with Crippen LogP contribution in [0.3, 0.4) is 0 Å². The lowest BCUT2D eigenvalue weighted by Crippen LogP contribution is -2.37. The van der Waals surface area contributed by atoms with Crippen LogP contribution in [0.2, 0.25) is 0 Å². The van der Waals surface area contributed by atoms with Crippen molar-refractivity contribution >= 4 is 23.6 Å². The summed E-state index contributed by atoms with van der Waals surface area (Å²) in [6.45, 7) is 4.39. The lowest BCUT2D eigenvalue weighted by Gasteiger charge is -2.19. The van der Waals surface area contributed by atoms with Gasteiger partial charge in [0.2, 0.25) is 5.91 Å². The zero-order valence-corrected chi connectivity index (χ0v) is 13.1. The van der Waals surface area contributed by atoms with E-state index >= 15 is 0 Å². The number of esters is 1. The maximum Gasteiger partial charge on any atom is 0.325 e. The minimum absolute atomic E-state index is 0.000944. The maximum absolute atomic E-state index is 12.1. The van der Waals surface area contributed by atoms with Crippen LogP contribution >= 0.6 is 11.8 Å². The Morgan fingerprint density at radius 1 is 1.48 bits per heavy atom. The fourth-order valence-electron chi connectivity index (χ4n) is 1.89. The topological polar surface area (TPSA) is 77.3 Å². The minimum Gasteiger partial charge on any atom is -0.465 e. The summed E-state index contributed by atoms with van der Waals surface area (Å²) in [4.78, 5) is 25.1. The molecule has 0 N–H and O–H groups in total. The minimum atomic E-state index is -0.376. The van der Waals surface area contributed by atoms with Gasteiger partial charge in [0, 0.05) is 12.6 Å². The van der Waals surface area contributed by atoms with E-state index in [0.29, 0.717) is 19.2 Å². The second-order valence-electron chi connectivity index (χ2n) is 4.75. The summed E-state index contributed by atoms with van der Waals surface area (Å²) in [7, 11) is 0. The molecule has 1 amide bonds. The van der Waals surface area contributed by atoms with Crippen molar-refractivity contribution in [3.8, 4) is 0 Å². The highest BCUT2D eigenvalue weighted by Crippen LogP contribution is 2.37. The average Bonchev–Trinajstić information content (AvgIpc) is 3.21. The van der Waals surface area contributed by atoms with Crippen molar-refractivity contribution in [2.24, 2.45) is 0 Å². The van der Waals surface area contributed by atoms with E-state index in [2.05, 4.69) is 10.2 Å². The molecule has 0 atom stereocenters. The first-order valence-corrected chi connectivity index (χ1v) is 8.10. The number of likely N-dealkylation sites (N-methyl/N-ethyl adjacent to an activating group) is 1. The average molecular weight is 312 g/mol. The summed E-state index contributed by atoms with van der Waals surface area (Å²) in [5.41, 5.74) is 0. The Hall–Kier alpha value is -1.57. The van der Waals surface area contributed by atoms with Gasteiger partial charge in [-0.3, -0.25) is 9.59 Å². The van der Waals surface area contributed by atoms with Gasteiger partial charge in [-0.2, -0.15) is 0 Å². The largest absolute Gasteiger partial charge is 0.465 e. The number of carbonyl (C=O) groups excluding carboxylic acids is 2. The lowest BCUT2D eigenvalue weighted by atomic mass is 10.4. The molecule has 0 aliphatic heterocycles. The Labute approximate surface area is 128 Å². The standard InChI is InChI=1S/C13H20N4O3S/c1-3-16(7-12(19)20-4-2)11(18)8-21-13-15-14-9-17(13)10-5-6-10/h9-10H,3-8H2,1-2H3. The van der Waals surface area contributed by atoms with Crippen molar-refractivity contribution in [2.45, 2.75) is 37.9 Å². The molecule has 7 nitrogen and oxygen atoms in total. The number of rotatable bonds is 8. The predicted molar refractivity (Wildman–Crippen MR) is 77.9 cm³/mol. The van der Waals surface area contributed by atoms with Gasteiger partial charge in [0.15, 0.2) is 5.16 Å². The molecule has 0 bridgehead atoms. The van der Waals surface area contributed by atoms with Crippen LogP contribution < -0.4 is 0 Å². The summed E-state index contributed by atoms with van der Waals surface area (Å²) in [5, 5.41) is 8.69. The summed E-state index contributed by atoms with van der Waals surface area (Å²) in [6.07, 6.45) is 3.99. The monoisotopic (exact) mass is 312 g/mol. The van der Waals surface area contributed by atoms with Crippen LogP contribution in [0, 0.1) is 0 Å². The molecule has 1 heterocycles. The number of carbonyl (C=O) groups is 2. The first-order valence-electron chi connectivity index (χ1n) is 7.11. The Bertz CT molecular complexity index is 501. The number of thioether (sulfide) groups is 1. The van der Waals surface area contributed by atoms with Gasteiger partial charge < -0.3 is 14.2 Å². The molecule has 0 aromatic carbocycles. The second-order valence-corrected chi connectivity index (χ2v) is 5.70. The molecule has 1 aliphatic carbocycles. The fraction of sp³-hybridized carbons (Fsp3) is 0.692. The third-order valence-electron chi connectivity index (χ3n) is 3.16. The molecule has 1 fully saturated rings. The molecular weight excluding hydrogens is 292 g/mol. The Balaban J connectivity index is 1.84. The summed E-state index contributed by atoms with van der Waals surface area (Å²) in [5.74, 6) is -0.224. The quantitative estimate of drug-likeness (QED) is 0.529. The van der Waals surface area contributed by atoms with Gasteiger partial charge >= 0.3 is 5.97 Å². The van der Waals surface area contributed by atoms with Gasteiger partial charge in [0.1, 0.15) is 12.9 Å². The van der Waals surface area contributed by atoms with Crippen LogP contribution in [0.4, 0.5) is 0 Å². The maximum atomic E-state index is 12.1. The second kappa shape index (κ2) is 7.44. The number of hydrogen-bond donors (Lipinski definition) is 0. The molecule has 1 aliphatic rings. The van der Waals surface area contributed by atoms with E-state index < -0.39 is 0 Å². The zero-order valence-electron chi connectivity index (χ0n) is 12.3. The number of ether oxygens (including phenoxy) is 1. The normalized spacial score (nSPS) is 14.0. The van der Waals surface area contributed by atoms with Gasteiger partial charge in [-0.1, -0.05) is 11.8 Å². The highest BCUT2D eigenvalue weighted by molar-refractivity contribution is 7.99. The smallest absolute Gasteiger partial charge is 0.325 e. The van der Waals surface area contributed by atoms with Crippen molar-refractivity contribution in [1.82, 2.24) is 19.7 Å². The third kappa shape index (κ3) is 4.45. The first kappa shape index (κ1) is 15.8. The van der Waals surface area contributed by atoms with Crippen molar-refractivity contribution in [3.05, 3.63) is 6.33 Å². The number of aromatic nitrogens is 3. The number of hydrogen-bond acceptors (Lipinski definition) is 6. The van der Waals surface area contributed by atoms with E-state index in [-0.39, 0.29) is 24.2 Å². The number of amides is 1. The van der Waals surface area contributed by atoms with Crippen LogP contribution in [-0.2, 0) is 14.3 Å². The third-order valence-corrected chi connectivity index (χ3v) is 4.11. The van der Waals surface area contributed by atoms with E-state index in [1.54, 1.807) is 13.3 Å². The first-order chi connectivity index (χ1) is 10.2. The predicted octanol–water partition coefficient (Wildman–Crippen LogP) is 1.12. The molecule has 1 saturated carbocycles. The summed E-state index contributed by atoms with van der Waals surface area (Å²) < 4.78 is 6.88. The van der Waals surface area contributed by atoms with Crippen molar-refractivity contribution in [2.75, 3.05) is 25.4 Å². The van der Waals surface area contributed by atoms with Crippen LogP contribution in [0.5, 0.6) is 0 Å². The van der Waals surface area contributed by atoms with Crippen LogP contribution in [0.1, 0.15) is 32.7 Å². The molecular formula is C13H20N4O3S.